The summed E-state index contributed by atoms with van der Waals surface area (Å²) < 4.78 is 0. The zero-order valence-electron chi connectivity index (χ0n) is 6.33. The minimum absolute atomic E-state index is 0.0185. The van der Waals surface area contributed by atoms with Crippen LogP contribution in [0.2, 0.25) is 0 Å². The molecule has 0 spiro atoms. The van der Waals surface area contributed by atoms with E-state index in [9.17, 15) is 0 Å². The molecular weight excluding hydrogens is 194 g/mol. The first-order valence-corrected chi connectivity index (χ1v) is 4.97. The summed E-state index contributed by atoms with van der Waals surface area (Å²) >= 11 is 7.45. The van der Waals surface area contributed by atoms with Gasteiger partial charge in [0.25, 0.3) is 0 Å². The molecule has 4 heteroatoms. The third kappa shape index (κ3) is 1.32. The van der Waals surface area contributed by atoms with E-state index in [1.165, 1.54) is 0 Å². The molecule has 2 aliphatic heterocycles. The molecule has 2 rings (SSSR count). The third-order valence-corrected chi connectivity index (χ3v) is 3.25. The molecule has 0 aromatic rings. The Morgan fingerprint density at radius 3 is 3.33 bits per heavy atom. The minimum atomic E-state index is 0.0185. The number of aliphatic hydroxyl groups excluding tert-OH is 1. The lowest BCUT2D eigenvalue weighted by Crippen LogP contribution is -2.12. The SMILES string of the molecule is OCC1=C(Cl)N=C2SC=CC2C1. The monoisotopic (exact) mass is 201 g/mol. The van der Waals surface area contributed by atoms with Crippen molar-refractivity contribution in [1.29, 1.82) is 0 Å². The van der Waals surface area contributed by atoms with Crippen LogP contribution < -0.4 is 0 Å². The standard InChI is InChI=1S/C8H8ClNOS/c9-7-6(4-11)3-5-1-2-12-8(5)10-7/h1-2,5,11H,3-4H2. The van der Waals surface area contributed by atoms with E-state index in [2.05, 4.69) is 11.1 Å². The van der Waals surface area contributed by atoms with Crippen LogP contribution in [0.15, 0.2) is 27.2 Å². The first kappa shape index (κ1) is 8.35. The van der Waals surface area contributed by atoms with Crippen molar-refractivity contribution in [2.45, 2.75) is 6.42 Å². The maximum Gasteiger partial charge on any atom is 0.131 e. The van der Waals surface area contributed by atoms with Crippen LogP contribution in [0.1, 0.15) is 6.42 Å². The summed E-state index contributed by atoms with van der Waals surface area (Å²) in [7, 11) is 0. The quantitative estimate of drug-likeness (QED) is 0.660. The van der Waals surface area contributed by atoms with Gasteiger partial charge in [0.1, 0.15) is 5.16 Å². The molecule has 0 amide bonds. The number of halogens is 1. The predicted octanol–water partition coefficient (Wildman–Crippen LogP) is 2.11. The van der Waals surface area contributed by atoms with E-state index in [0.717, 1.165) is 17.0 Å². The summed E-state index contributed by atoms with van der Waals surface area (Å²) in [5.74, 6) is 0.361. The molecule has 2 heterocycles. The zero-order valence-corrected chi connectivity index (χ0v) is 7.90. The number of fused-ring (bicyclic) bond motifs is 1. The van der Waals surface area contributed by atoms with Crippen LogP contribution in [0, 0.1) is 5.92 Å². The van der Waals surface area contributed by atoms with Crippen molar-refractivity contribution < 1.29 is 5.11 Å². The second-order valence-corrected chi connectivity index (χ2v) is 4.04. The number of hydrogen-bond donors (Lipinski definition) is 1. The lowest BCUT2D eigenvalue weighted by molar-refractivity contribution is 0.324. The van der Waals surface area contributed by atoms with Gasteiger partial charge in [0.15, 0.2) is 0 Å². The number of aliphatic hydroxyl groups is 1. The van der Waals surface area contributed by atoms with E-state index in [1.807, 2.05) is 5.41 Å². The smallest absolute Gasteiger partial charge is 0.131 e. The Kier molecular flexibility index (Phi) is 2.26. The van der Waals surface area contributed by atoms with Crippen molar-refractivity contribution >= 4 is 28.4 Å². The van der Waals surface area contributed by atoms with Crippen LogP contribution in [0.25, 0.3) is 0 Å². The van der Waals surface area contributed by atoms with Gasteiger partial charge in [-0.05, 0) is 17.4 Å². The van der Waals surface area contributed by atoms with E-state index in [4.69, 9.17) is 16.7 Å². The fraction of sp³-hybridized carbons (Fsp3) is 0.375. The van der Waals surface area contributed by atoms with Crippen LogP contribution in [-0.2, 0) is 0 Å². The Morgan fingerprint density at radius 1 is 1.75 bits per heavy atom. The van der Waals surface area contributed by atoms with Gasteiger partial charge >= 0.3 is 0 Å². The third-order valence-electron chi connectivity index (χ3n) is 1.97. The molecular formula is C8H8ClNOS. The highest BCUT2D eigenvalue weighted by Gasteiger charge is 2.24. The molecule has 12 heavy (non-hydrogen) atoms. The summed E-state index contributed by atoms with van der Waals surface area (Å²) in [5.41, 5.74) is 0.845. The Balaban J connectivity index is 2.29. The molecule has 2 aliphatic rings. The molecule has 0 aromatic heterocycles. The molecule has 1 atom stereocenters. The van der Waals surface area contributed by atoms with Crippen LogP contribution in [0.4, 0.5) is 0 Å². The predicted molar refractivity (Wildman–Crippen MR) is 52.2 cm³/mol. The largest absolute Gasteiger partial charge is 0.392 e. The van der Waals surface area contributed by atoms with Gasteiger partial charge in [0.2, 0.25) is 0 Å². The fourth-order valence-electron chi connectivity index (χ4n) is 1.29. The average molecular weight is 202 g/mol. The summed E-state index contributed by atoms with van der Waals surface area (Å²) in [6, 6.07) is 0. The second-order valence-electron chi connectivity index (χ2n) is 2.76. The summed E-state index contributed by atoms with van der Waals surface area (Å²) in [6.45, 7) is 0.0185. The van der Waals surface area contributed by atoms with Gasteiger partial charge in [-0.3, -0.25) is 0 Å². The van der Waals surface area contributed by atoms with Crippen LogP contribution in [0.3, 0.4) is 0 Å². The maximum absolute atomic E-state index is 8.94. The van der Waals surface area contributed by atoms with E-state index in [-0.39, 0.29) is 6.61 Å². The van der Waals surface area contributed by atoms with E-state index < -0.39 is 0 Å². The molecule has 64 valence electrons. The molecule has 0 saturated carbocycles. The molecule has 0 aliphatic carbocycles. The van der Waals surface area contributed by atoms with Gasteiger partial charge in [-0.1, -0.05) is 29.4 Å². The van der Waals surface area contributed by atoms with Crippen LogP contribution in [-0.4, -0.2) is 16.8 Å². The lowest BCUT2D eigenvalue weighted by atomic mass is 10.00. The summed E-state index contributed by atoms with van der Waals surface area (Å²) in [5, 5.41) is 12.5. The number of rotatable bonds is 1. The van der Waals surface area contributed by atoms with E-state index >= 15 is 0 Å². The van der Waals surface area contributed by atoms with Crippen molar-refractivity contribution in [3.63, 3.8) is 0 Å². The molecule has 0 aromatic carbocycles. The van der Waals surface area contributed by atoms with E-state index in [1.54, 1.807) is 11.8 Å². The number of hydrogen-bond acceptors (Lipinski definition) is 3. The molecule has 0 saturated heterocycles. The summed E-state index contributed by atoms with van der Waals surface area (Å²) in [4.78, 5) is 4.20. The average Bonchev–Trinajstić information content (AvgIpc) is 2.49. The van der Waals surface area contributed by atoms with Gasteiger partial charge < -0.3 is 5.11 Å². The number of thioether (sulfide) groups is 1. The van der Waals surface area contributed by atoms with Crippen molar-refractivity contribution in [3.05, 3.63) is 22.2 Å². The van der Waals surface area contributed by atoms with Crippen LogP contribution in [0.5, 0.6) is 0 Å². The normalized spacial score (nSPS) is 27.5. The Morgan fingerprint density at radius 2 is 2.58 bits per heavy atom. The van der Waals surface area contributed by atoms with Gasteiger partial charge in [-0.25, -0.2) is 4.99 Å². The molecule has 2 nitrogen and oxygen atoms in total. The molecule has 1 unspecified atom stereocenters. The van der Waals surface area contributed by atoms with Crippen molar-refractivity contribution in [1.82, 2.24) is 0 Å². The first-order valence-electron chi connectivity index (χ1n) is 3.71. The highest BCUT2D eigenvalue weighted by atomic mass is 35.5. The maximum atomic E-state index is 8.94. The van der Waals surface area contributed by atoms with Crippen molar-refractivity contribution in [3.8, 4) is 0 Å². The molecule has 0 fully saturated rings. The number of aliphatic imine (C=N–C) groups is 1. The Hall–Kier alpha value is -0.250. The van der Waals surface area contributed by atoms with Gasteiger partial charge in [-0.2, -0.15) is 0 Å². The topological polar surface area (TPSA) is 32.6 Å². The van der Waals surface area contributed by atoms with Gasteiger partial charge in [-0.15, -0.1) is 0 Å². The molecule has 1 N–H and O–H groups in total. The highest BCUT2D eigenvalue weighted by molar-refractivity contribution is 8.16. The molecule has 0 bridgehead atoms. The number of allylic oxidation sites excluding steroid dienone is 1. The second kappa shape index (κ2) is 3.24. The molecule has 0 radical (unpaired) electrons. The minimum Gasteiger partial charge on any atom is -0.392 e. The number of nitrogens with zero attached hydrogens (tertiary/aromatic N) is 1. The van der Waals surface area contributed by atoms with Crippen molar-refractivity contribution in [2.75, 3.05) is 6.61 Å². The first-order chi connectivity index (χ1) is 5.81. The Bertz CT molecular complexity index is 295. The zero-order chi connectivity index (χ0) is 8.55. The summed E-state index contributed by atoms with van der Waals surface area (Å²) in [6.07, 6.45) is 2.92. The lowest BCUT2D eigenvalue weighted by Gasteiger charge is -2.16. The van der Waals surface area contributed by atoms with E-state index in [0.29, 0.717) is 11.1 Å². The fourth-order valence-corrected chi connectivity index (χ4v) is 2.46. The van der Waals surface area contributed by atoms with Crippen molar-refractivity contribution in [2.24, 2.45) is 10.9 Å². The van der Waals surface area contributed by atoms with Gasteiger partial charge in [0.05, 0.1) is 11.7 Å². The van der Waals surface area contributed by atoms with Crippen LogP contribution >= 0.6 is 23.4 Å². The van der Waals surface area contributed by atoms with Gasteiger partial charge in [0, 0.05) is 5.92 Å². The Labute approximate surface area is 80.0 Å². The highest BCUT2D eigenvalue weighted by Crippen LogP contribution is 2.35.